The highest BCUT2D eigenvalue weighted by Gasteiger charge is 2.30. The van der Waals surface area contributed by atoms with Gasteiger partial charge in [0.1, 0.15) is 19.3 Å². The molecule has 0 saturated carbocycles. The topological polar surface area (TPSA) is 237 Å². The molecular weight excluding hydrogens is 1260 g/mol. The maximum atomic E-state index is 13.1. The lowest BCUT2D eigenvalue weighted by molar-refractivity contribution is -0.161. The number of hydrogen-bond acceptors (Lipinski definition) is 15. The molecule has 0 fully saturated rings. The third-order valence-electron chi connectivity index (χ3n) is 18.2. The van der Waals surface area contributed by atoms with Gasteiger partial charge in [0.15, 0.2) is 12.2 Å². The van der Waals surface area contributed by atoms with Crippen LogP contribution in [0.4, 0.5) is 0 Å². The molecule has 96 heavy (non-hydrogen) atoms. The number of rotatable bonds is 74. The average Bonchev–Trinajstić information content (AvgIpc) is 1.13. The van der Waals surface area contributed by atoms with Crippen molar-refractivity contribution in [1.82, 2.24) is 0 Å². The molecule has 0 saturated heterocycles. The molecule has 0 aromatic heterocycles. The molecule has 17 nitrogen and oxygen atoms in total. The first-order valence-electron chi connectivity index (χ1n) is 39.7. The number of phosphoric ester groups is 2. The lowest BCUT2D eigenvalue weighted by atomic mass is 9.99. The Kier molecular flexibility index (Phi) is 65.0. The summed E-state index contributed by atoms with van der Waals surface area (Å²) >= 11 is 0. The second kappa shape index (κ2) is 66.3. The van der Waals surface area contributed by atoms with Gasteiger partial charge in [0.25, 0.3) is 0 Å². The molecule has 0 rings (SSSR count). The van der Waals surface area contributed by atoms with E-state index in [1.54, 1.807) is 0 Å². The predicted octanol–water partition coefficient (Wildman–Crippen LogP) is 22.4. The van der Waals surface area contributed by atoms with Gasteiger partial charge in [-0.3, -0.25) is 37.3 Å². The lowest BCUT2D eigenvalue weighted by Crippen LogP contribution is -2.30. The summed E-state index contributed by atoms with van der Waals surface area (Å²) in [6.45, 7) is 14.2. The molecule has 0 heterocycles. The zero-order valence-electron chi connectivity index (χ0n) is 63.0. The molecule has 4 unspecified atom stereocenters. The van der Waals surface area contributed by atoms with Crippen LogP contribution in [0.2, 0.25) is 0 Å². The minimum atomic E-state index is -4.96. The number of aliphatic hydroxyl groups is 1. The number of esters is 4. The van der Waals surface area contributed by atoms with E-state index in [1.165, 1.54) is 186 Å². The minimum absolute atomic E-state index is 0.106. The second-order valence-corrected chi connectivity index (χ2v) is 32.3. The first-order valence-corrected chi connectivity index (χ1v) is 42.7. The highest BCUT2D eigenvalue weighted by molar-refractivity contribution is 7.47. The molecule has 3 N–H and O–H groups in total. The summed E-state index contributed by atoms with van der Waals surface area (Å²) in [5.41, 5.74) is 0. The van der Waals surface area contributed by atoms with Gasteiger partial charge in [0.05, 0.1) is 26.4 Å². The molecule has 6 atom stereocenters. The SMILES string of the molecule is CCC(C)CCCCCCCCCCCCCCCCC(=O)OC[C@H](COP(=O)(O)OCC(O)COP(=O)(O)OC[C@@H](COC(=O)CCCCCCCCCC(C)C)OC(=O)CCCCCCCCCCCCCCC(C)C)OC(=O)CCCCCCCCCCCCC(C)C. The standard InChI is InChI=1S/C77H150O17P2/c1-9-70(8)56-48-40-32-24-17-12-10-11-13-18-25-33-41-49-57-74(79)87-63-72(93-77(82)60-52-44-35-27-21-20-23-30-38-46-54-68(4)5)65-91-95(83,84)89-61-71(78)62-90-96(85,86)92-66-73(64-88-75(80)58-50-42-36-28-31-39-47-55-69(6)7)94-76(81)59-51-43-34-26-19-15-14-16-22-29-37-45-53-67(2)3/h67-73,78H,9-66H2,1-8H3,(H,83,84)(H,85,86)/t70?,71?,72-,73-/m1/s1. The average molecular weight is 1410 g/mol. The Bertz CT molecular complexity index is 1890. The Morgan fingerprint density at radius 1 is 0.292 bits per heavy atom. The van der Waals surface area contributed by atoms with Crippen molar-refractivity contribution in [2.45, 2.75) is 408 Å². The summed E-state index contributed by atoms with van der Waals surface area (Å²) in [5, 5.41) is 10.6. The number of aliphatic hydroxyl groups excluding tert-OH is 1. The molecular formula is C77H150O17P2. The fraction of sp³-hybridized carbons (Fsp3) is 0.948. The van der Waals surface area contributed by atoms with Gasteiger partial charge in [-0.15, -0.1) is 0 Å². The zero-order chi connectivity index (χ0) is 71.0. The van der Waals surface area contributed by atoms with Crippen molar-refractivity contribution < 1.29 is 80.2 Å². The smallest absolute Gasteiger partial charge is 0.462 e. The molecule has 0 aromatic carbocycles. The fourth-order valence-electron chi connectivity index (χ4n) is 11.7. The maximum Gasteiger partial charge on any atom is 0.472 e. The van der Waals surface area contributed by atoms with Crippen LogP contribution in [0.3, 0.4) is 0 Å². The predicted molar refractivity (Wildman–Crippen MR) is 391 cm³/mol. The Morgan fingerprint density at radius 3 is 0.740 bits per heavy atom. The summed E-state index contributed by atoms with van der Waals surface area (Å²) < 4.78 is 68.6. The maximum absolute atomic E-state index is 13.1. The number of phosphoric acid groups is 2. The monoisotopic (exact) mass is 1410 g/mol. The van der Waals surface area contributed by atoms with Gasteiger partial charge in [-0.1, -0.05) is 338 Å². The Balaban J connectivity index is 5.23. The molecule has 0 amide bonds. The van der Waals surface area contributed by atoms with Crippen LogP contribution in [0.25, 0.3) is 0 Å². The Morgan fingerprint density at radius 2 is 0.500 bits per heavy atom. The van der Waals surface area contributed by atoms with Crippen molar-refractivity contribution in [1.29, 1.82) is 0 Å². The van der Waals surface area contributed by atoms with Crippen molar-refractivity contribution in [2.75, 3.05) is 39.6 Å². The minimum Gasteiger partial charge on any atom is -0.462 e. The van der Waals surface area contributed by atoms with Crippen LogP contribution in [0.1, 0.15) is 389 Å². The van der Waals surface area contributed by atoms with Gasteiger partial charge in [-0.2, -0.15) is 0 Å². The van der Waals surface area contributed by atoms with Gasteiger partial charge in [0, 0.05) is 25.7 Å². The molecule has 0 aliphatic rings. The van der Waals surface area contributed by atoms with Crippen LogP contribution >= 0.6 is 15.6 Å². The van der Waals surface area contributed by atoms with E-state index in [0.29, 0.717) is 31.6 Å². The molecule has 0 radical (unpaired) electrons. The Hall–Kier alpha value is -1.94. The summed E-state index contributed by atoms with van der Waals surface area (Å²) in [6, 6.07) is 0. The summed E-state index contributed by atoms with van der Waals surface area (Å²) in [6.07, 6.45) is 51.3. The molecule has 0 aromatic rings. The van der Waals surface area contributed by atoms with Crippen LogP contribution in [0.15, 0.2) is 0 Å². The molecule has 570 valence electrons. The van der Waals surface area contributed by atoms with Crippen molar-refractivity contribution in [3.8, 4) is 0 Å². The quantitative estimate of drug-likeness (QED) is 0.0222. The van der Waals surface area contributed by atoms with Gasteiger partial charge < -0.3 is 33.8 Å². The van der Waals surface area contributed by atoms with Crippen molar-refractivity contribution >= 4 is 39.5 Å². The highest BCUT2D eigenvalue weighted by Crippen LogP contribution is 2.45. The van der Waals surface area contributed by atoms with E-state index >= 15 is 0 Å². The molecule has 0 aliphatic heterocycles. The summed E-state index contributed by atoms with van der Waals surface area (Å²) in [7, 11) is -9.91. The molecule has 0 spiro atoms. The number of hydrogen-bond donors (Lipinski definition) is 3. The van der Waals surface area contributed by atoms with E-state index in [-0.39, 0.29) is 25.7 Å². The zero-order valence-corrected chi connectivity index (χ0v) is 64.8. The summed E-state index contributed by atoms with van der Waals surface area (Å²) in [5.74, 6) is 0.964. The fourth-order valence-corrected chi connectivity index (χ4v) is 13.3. The third-order valence-corrected chi connectivity index (χ3v) is 20.1. The second-order valence-electron chi connectivity index (χ2n) is 29.4. The van der Waals surface area contributed by atoms with Crippen molar-refractivity contribution in [3.63, 3.8) is 0 Å². The van der Waals surface area contributed by atoms with Gasteiger partial charge in [-0.25, -0.2) is 9.13 Å². The van der Waals surface area contributed by atoms with Crippen LogP contribution < -0.4 is 0 Å². The largest absolute Gasteiger partial charge is 0.472 e. The first kappa shape index (κ1) is 94.1. The number of carbonyl (C=O) groups is 4. The number of ether oxygens (including phenoxy) is 4. The van der Waals surface area contributed by atoms with E-state index < -0.39 is 97.5 Å². The highest BCUT2D eigenvalue weighted by atomic mass is 31.2. The number of carbonyl (C=O) groups excluding carboxylic acids is 4. The van der Waals surface area contributed by atoms with E-state index in [2.05, 4.69) is 55.4 Å². The van der Waals surface area contributed by atoms with Crippen LogP contribution in [0.5, 0.6) is 0 Å². The Labute approximate surface area is 588 Å². The lowest BCUT2D eigenvalue weighted by Gasteiger charge is -2.21. The normalized spacial score (nSPS) is 14.4. The van der Waals surface area contributed by atoms with Crippen molar-refractivity contribution in [3.05, 3.63) is 0 Å². The van der Waals surface area contributed by atoms with Crippen molar-refractivity contribution in [2.24, 2.45) is 23.7 Å². The van der Waals surface area contributed by atoms with Gasteiger partial charge >= 0.3 is 39.5 Å². The molecule has 19 heteroatoms. The van der Waals surface area contributed by atoms with Gasteiger partial charge in [-0.05, 0) is 49.4 Å². The van der Waals surface area contributed by atoms with Crippen LogP contribution in [-0.4, -0.2) is 96.7 Å². The third kappa shape index (κ3) is 69.2. The van der Waals surface area contributed by atoms with Gasteiger partial charge in [0.2, 0.25) is 0 Å². The summed E-state index contributed by atoms with van der Waals surface area (Å²) in [4.78, 5) is 72.8. The van der Waals surface area contributed by atoms with Crippen LogP contribution in [0, 0.1) is 23.7 Å². The van der Waals surface area contributed by atoms with E-state index in [9.17, 15) is 43.2 Å². The van der Waals surface area contributed by atoms with E-state index in [0.717, 1.165) is 114 Å². The van der Waals surface area contributed by atoms with E-state index in [4.69, 9.17) is 37.0 Å². The van der Waals surface area contributed by atoms with Crippen LogP contribution in [-0.2, 0) is 65.4 Å². The molecule has 0 aliphatic carbocycles. The molecule has 0 bridgehead atoms. The first-order chi connectivity index (χ1) is 46.1. The van der Waals surface area contributed by atoms with E-state index in [1.807, 2.05) is 0 Å². The number of unbranched alkanes of at least 4 members (excludes halogenated alkanes) is 39.